The van der Waals surface area contributed by atoms with Crippen molar-refractivity contribution in [3.8, 4) is 0 Å². The Morgan fingerprint density at radius 3 is 2.58 bits per heavy atom. The summed E-state index contributed by atoms with van der Waals surface area (Å²) in [5, 5.41) is 2.88. The Morgan fingerprint density at radius 1 is 1.33 bits per heavy atom. The van der Waals surface area contributed by atoms with Gasteiger partial charge in [-0.1, -0.05) is 13.0 Å². The highest BCUT2D eigenvalue weighted by Crippen LogP contribution is 2.49. The van der Waals surface area contributed by atoms with Crippen LogP contribution in [0.1, 0.15) is 38.2 Å². The first-order valence-corrected chi connectivity index (χ1v) is 8.39. The lowest BCUT2D eigenvalue weighted by molar-refractivity contribution is -0.154. The average molecular weight is 339 g/mol. The van der Waals surface area contributed by atoms with E-state index in [1.54, 1.807) is 0 Å². The second-order valence-electron chi connectivity index (χ2n) is 6.97. The fourth-order valence-electron chi connectivity index (χ4n) is 3.45. The van der Waals surface area contributed by atoms with E-state index in [0.717, 1.165) is 0 Å². The molecule has 1 aliphatic carbocycles. The zero-order valence-corrected chi connectivity index (χ0v) is 14.0. The summed E-state index contributed by atoms with van der Waals surface area (Å²) in [5.41, 5.74) is 0.0333. The standard InChI is InChI=1S/C18H23F2NO3/c1-11(9-18(2)23-6-7-24-18)10-21-17(22)13-8-12(13)16-14(19)4-3-5-15(16)20/h3-5,11-13H,6-10H2,1-2H3,(H,21,22)/t11-,12+,13-/m0/s1. The Balaban J connectivity index is 1.48. The number of hydrogen-bond donors (Lipinski definition) is 1. The van der Waals surface area contributed by atoms with Crippen LogP contribution in [0.15, 0.2) is 18.2 Å². The van der Waals surface area contributed by atoms with Gasteiger partial charge in [-0.05, 0) is 31.4 Å². The molecule has 1 N–H and O–H groups in total. The van der Waals surface area contributed by atoms with Gasteiger partial charge in [0.05, 0.1) is 13.2 Å². The molecule has 24 heavy (non-hydrogen) atoms. The Hall–Kier alpha value is -1.53. The predicted molar refractivity (Wildman–Crippen MR) is 84.3 cm³/mol. The van der Waals surface area contributed by atoms with Crippen molar-refractivity contribution in [1.82, 2.24) is 5.32 Å². The third-order valence-electron chi connectivity index (χ3n) is 4.74. The van der Waals surface area contributed by atoms with Crippen LogP contribution in [0.2, 0.25) is 0 Å². The lowest BCUT2D eigenvalue weighted by Gasteiger charge is -2.26. The maximum absolute atomic E-state index is 13.8. The van der Waals surface area contributed by atoms with E-state index in [4.69, 9.17) is 9.47 Å². The van der Waals surface area contributed by atoms with Gasteiger partial charge < -0.3 is 14.8 Å². The molecule has 132 valence electrons. The maximum atomic E-state index is 13.8. The molecule has 2 aliphatic rings. The Kier molecular flexibility index (Phi) is 4.88. The first-order chi connectivity index (χ1) is 11.4. The molecule has 1 saturated carbocycles. The second kappa shape index (κ2) is 6.76. The van der Waals surface area contributed by atoms with Crippen LogP contribution in [0.25, 0.3) is 0 Å². The lowest BCUT2D eigenvalue weighted by Crippen LogP contribution is -2.35. The lowest BCUT2D eigenvalue weighted by atomic mass is 10.0. The predicted octanol–water partition coefficient (Wildman–Crippen LogP) is 2.97. The zero-order valence-electron chi connectivity index (χ0n) is 14.0. The SMILES string of the molecule is C[C@H](CNC(=O)[C@H]1C[C@H]1c1c(F)cccc1F)CC1(C)OCCO1. The fourth-order valence-corrected chi connectivity index (χ4v) is 3.45. The van der Waals surface area contributed by atoms with Crippen molar-refractivity contribution in [3.63, 3.8) is 0 Å². The molecule has 2 fully saturated rings. The minimum Gasteiger partial charge on any atom is -0.356 e. The van der Waals surface area contributed by atoms with Crippen LogP contribution in [0.4, 0.5) is 8.78 Å². The normalized spacial score (nSPS) is 26.2. The number of carbonyl (C=O) groups excluding carboxylic acids is 1. The van der Waals surface area contributed by atoms with Crippen molar-refractivity contribution >= 4 is 5.91 Å². The van der Waals surface area contributed by atoms with E-state index >= 15 is 0 Å². The van der Waals surface area contributed by atoms with Gasteiger partial charge in [0.25, 0.3) is 0 Å². The Labute approximate surface area is 140 Å². The first-order valence-electron chi connectivity index (χ1n) is 8.39. The minimum atomic E-state index is -0.581. The van der Waals surface area contributed by atoms with Gasteiger partial charge in [-0.15, -0.1) is 0 Å². The molecular formula is C18H23F2NO3. The number of carbonyl (C=O) groups is 1. The number of halogens is 2. The Morgan fingerprint density at radius 2 is 1.96 bits per heavy atom. The maximum Gasteiger partial charge on any atom is 0.223 e. The number of benzene rings is 1. The largest absolute Gasteiger partial charge is 0.356 e. The summed E-state index contributed by atoms with van der Waals surface area (Å²) in [5.74, 6) is -2.41. The van der Waals surface area contributed by atoms with Crippen molar-refractivity contribution in [2.75, 3.05) is 19.8 Å². The number of rotatable bonds is 6. The second-order valence-corrected chi connectivity index (χ2v) is 6.97. The summed E-state index contributed by atoms with van der Waals surface area (Å²) in [6.07, 6.45) is 1.17. The molecule has 0 spiro atoms. The molecule has 1 aromatic rings. The molecule has 0 bridgehead atoms. The third-order valence-corrected chi connectivity index (χ3v) is 4.74. The van der Waals surface area contributed by atoms with Crippen LogP contribution in [0.3, 0.4) is 0 Å². The van der Waals surface area contributed by atoms with Gasteiger partial charge in [-0.25, -0.2) is 8.78 Å². The smallest absolute Gasteiger partial charge is 0.223 e. The molecule has 0 radical (unpaired) electrons. The van der Waals surface area contributed by atoms with Crippen LogP contribution in [-0.2, 0) is 14.3 Å². The molecule has 3 atom stereocenters. The molecule has 0 unspecified atom stereocenters. The minimum absolute atomic E-state index is 0.0333. The highest BCUT2D eigenvalue weighted by molar-refractivity contribution is 5.82. The van der Waals surface area contributed by atoms with E-state index in [9.17, 15) is 13.6 Å². The van der Waals surface area contributed by atoms with Crippen molar-refractivity contribution in [2.45, 2.75) is 38.4 Å². The monoisotopic (exact) mass is 339 g/mol. The van der Waals surface area contributed by atoms with Crippen LogP contribution in [-0.4, -0.2) is 31.5 Å². The molecule has 3 rings (SSSR count). The quantitative estimate of drug-likeness (QED) is 0.867. The van der Waals surface area contributed by atoms with Gasteiger partial charge in [0, 0.05) is 30.4 Å². The topological polar surface area (TPSA) is 47.6 Å². The highest BCUT2D eigenvalue weighted by atomic mass is 19.1. The third kappa shape index (κ3) is 3.75. The molecule has 1 saturated heterocycles. The average Bonchev–Trinajstić information content (AvgIpc) is 3.19. The number of hydrogen-bond acceptors (Lipinski definition) is 3. The van der Waals surface area contributed by atoms with Crippen LogP contribution in [0, 0.1) is 23.5 Å². The number of ether oxygens (including phenoxy) is 2. The molecule has 1 amide bonds. The summed E-state index contributed by atoms with van der Waals surface area (Å²) >= 11 is 0. The van der Waals surface area contributed by atoms with Crippen molar-refractivity contribution in [3.05, 3.63) is 35.4 Å². The summed E-state index contributed by atoms with van der Waals surface area (Å²) in [6.45, 7) is 5.58. The molecule has 4 nitrogen and oxygen atoms in total. The number of amides is 1. The van der Waals surface area contributed by atoms with E-state index in [-0.39, 0.29) is 29.2 Å². The first kappa shape index (κ1) is 17.3. The van der Waals surface area contributed by atoms with Gasteiger partial charge in [-0.3, -0.25) is 4.79 Å². The van der Waals surface area contributed by atoms with E-state index in [1.807, 2.05) is 13.8 Å². The molecule has 1 aromatic carbocycles. The van der Waals surface area contributed by atoms with Gasteiger partial charge in [0.1, 0.15) is 11.6 Å². The summed E-state index contributed by atoms with van der Waals surface area (Å²) in [6, 6.07) is 3.80. The molecule has 1 heterocycles. The fraction of sp³-hybridized carbons (Fsp3) is 0.611. The van der Waals surface area contributed by atoms with Crippen molar-refractivity contribution < 1.29 is 23.0 Å². The van der Waals surface area contributed by atoms with E-state index < -0.39 is 17.4 Å². The van der Waals surface area contributed by atoms with Crippen molar-refractivity contribution in [2.24, 2.45) is 11.8 Å². The number of nitrogens with one attached hydrogen (secondary N) is 1. The van der Waals surface area contributed by atoms with E-state index in [2.05, 4.69) is 5.32 Å². The van der Waals surface area contributed by atoms with E-state index in [1.165, 1.54) is 18.2 Å². The summed E-state index contributed by atoms with van der Waals surface area (Å²) in [4.78, 5) is 12.2. The highest BCUT2D eigenvalue weighted by Gasteiger charge is 2.46. The van der Waals surface area contributed by atoms with Gasteiger partial charge in [-0.2, -0.15) is 0 Å². The van der Waals surface area contributed by atoms with Gasteiger partial charge >= 0.3 is 0 Å². The molecule has 0 aromatic heterocycles. The zero-order chi connectivity index (χ0) is 17.3. The van der Waals surface area contributed by atoms with Gasteiger partial charge in [0.15, 0.2) is 5.79 Å². The summed E-state index contributed by atoms with van der Waals surface area (Å²) in [7, 11) is 0. The van der Waals surface area contributed by atoms with Crippen LogP contribution >= 0.6 is 0 Å². The van der Waals surface area contributed by atoms with Crippen LogP contribution in [0.5, 0.6) is 0 Å². The molecule has 1 aliphatic heterocycles. The molecule has 6 heteroatoms. The molecular weight excluding hydrogens is 316 g/mol. The van der Waals surface area contributed by atoms with Gasteiger partial charge in [0.2, 0.25) is 5.91 Å². The Bertz CT molecular complexity index is 596. The van der Waals surface area contributed by atoms with Crippen LogP contribution < -0.4 is 5.32 Å². The van der Waals surface area contributed by atoms with E-state index in [0.29, 0.717) is 32.6 Å². The van der Waals surface area contributed by atoms with Crippen molar-refractivity contribution in [1.29, 1.82) is 0 Å². The summed E-state index contributed by atoms with van der Waals surface area (Å²) < 4.78 is 38.6.